The fourth-order valence-electron chi connectivity index (χ4n) is 1.90. The number of amides is 1. The molecule has 1 N–H and O–H groups in total. The Balaban J connectivity index is 2.01. The SMILES string of the molecule is CC[C@@H](C)NC(=O)CSc1nnc(-c2ccc(OC)c(OC)c2)o1. The minimum Gasteiger partial charge on any atom is -0.493 e. The highest BCUT2D eigenvalue weighted by atomic mass is 32.2. The van der Waals surface area contributed by atoms with Crippen molar-refractivity contribution < 1.29 is 18.7 Å². The van der Waals surface area contributed by atoms with Crippen LogP contribution in [0.5, 0.6) is 11.5 Å². The molecule has 24 heavy (non-hydrogen) atoms. The van der Waals surface area contributed by atoms with Gasteiger partial charge in [0, 0.05) is 11.6 Å². The number of hydrogen-bond acceptors (Lipinski definition) is 7. The third-order valence-corrected chi connectivity index (χ3v) is 4.20. The van der Waals surface area contributed by atoms with Crippen LogP contribution in [0.4, 0.5) is 0 Å². The van der Waals surface area contributed by atoms with Gasteiger partial charge >= 0.3 is 0 Å². The van der Waals surface area contributed by atoms with Crippen LogP contribution in [0, 0.1) is 0 Å². The summed E-state index contributed by atoms with van der Waals surface area (Å²) in [4.78, 5) is 11.8. The largest absolute Gasteiger partial charge is 0.493 e. The van der Waals surface area contributed by atoms with Crippen LogP contribution in [0.3, 0.4) is 0 Å². The Labute approximate surface area is 145 Å². The van der Waals surface area contributed by atoms with Crippen LogP contribution in [0.2, 0.25) is 0 Å². The Bertz CT molecular complexity index is 690. The Kier molecular flexibility index (Phi) is 6.48. The summed E-state index contributed by atoms with van der Waals surface area (Å²) in [6.07, 6.45) is 0.889. The molecule has 0 saturated carbocycles. The molecule has 1 aromatic carbocycles. The fourth-order valence-corrected chi connectivity index (χ4v) is 2.47. The van der Waals surface area contributed by atoms with E-state index in [1.165, 1.54) is 11.8 Å². The molecule has 0 saturated heterocycles. The average molecular weight is 351 g/mol. The number of benzene rings is 1. The number of nitrogens with zero attached hydrogens (tertiary/aromatic N) is 2. The maximum Gasteiger partial charge on any atom is 0.277 e. The van der Waals surface area contributed by atoms with E-state index >= 15 is 0 Å². The smallest absolute Gasteiger partial charge is 0.277 e. The first-order valence-corrected chi connectivity index (χ1v) is 8.54. The van der Waals surface area contributed by atoms with Gasteiger partial charge in [0.2, 0.25) is 11.8 Å². The lowest BCUT2D eigenvalue weighted by Crippen LogP contribution is -2.33. The highest BCUT2D eigenvalue weighted by molar-refractivity contribution is 7.99. The Morgan fingerprint density at radius 2 is 2.04 bits per heavy atom. The molecule has 0 aliphatic carbocycles. The molecule has 0 unspecified atom stereocenters. The summed E-state index contributed by atoms with van der Waals surface area (Å²) in [5.74, 6) is 1.74. The van der Waals surface area contributed by atoms with Crippen molar-refractivity contribution in [3.63, 3.8) is 0 Å². The van der Waals surface area contributed by atoms with E-state index in [0.29, 0.717) is 22.6 Å². The Morgan fingerprint density at radius 1 is 1.29 bits per heavy atom. The molecular weight excluding hydrogens is 330 g/mol. The number of nitrogens with one attached hydrogen (secondary N) is 1. The van der Waals surface area contributed by atoms with Crippen LogP contribution >= 0.6 is 11.8 Å². The molecule has 1 atom stereocenters. The van der Waals surface area contributed by atoms with Gasteiger partial charge in [0.1, 0.15) is 0 Å². The van der Waals surface area contributed by atoms with E-state index in [2.05, 4.69) is 15.5 Å². The van der Waals surface area contributed by atoms with Crippen LogP contribution in [0.15, 0.2) is 27.8 Å². The molecule has 2 rings (SSSR count). The van der Waals surface area contributed by atoms with E-state index in [9.17, 15) is 4.79 Å². The van der Waals surface area contributed by atoms with Gasteiger partial charge in [0.05, 0.1) is 20.0 Å². The van der Waals surface area contributed by atoms with Crippen molar-refractivity contribution in [1.82, 2.24) is 15.5 Å². The second-order valence-corrected chi connectivity index (χ2v) is 6.03. The van der Waals surface area contributed by atoms with Gasteiger partial charge in [-0.2, -0.15) is 0 Å². The predicted octanol–water partition coefficient (Wildman–Crippen LogP) is 2.76. The third kappa shape index (κ3) is 4.64. The lowest BCUT2D eigenvalue weighted by atomic mass is 10.2. The summed E-state index contributed by atoms with van der Waals surface area (Å²) in [6, 6.07) is 5.49. The van der Waals surface area contributed by atoms with E-state index in [1.807, 2.05) is 13.8 Å². The summed E-state index contributed by atoms with van der Waals surface area (Å²) in [6.45, 7) is 3.98. The second kappa shape index (κ2) is 8.58. The molecule has 1 heterocycles. The number of aromatic nitrogens is 2. The molecule has 0 spiro atoms. The summed E-state index contributed by atoms with van der Waals surface area (Å²) in [5.41, 5.74) is 0.719. The third-order valence-electron chi connectivity index (χ3n) is 3.38. The van der Waals surface area contributed by atoms with Gasteiger partial charge in [0.25, 0.3) is 5.22 Å². The lowest BCUT2D eigenvalue weighted by Gasteiger charge is -2.09. The predicted molar refractivity (Wildman–Crippen MR) is 91.5 cm³/mol. The zero-order valence-electron chi connectivity index (χ0n) is 14.2. The molecule has 1 aromatic heterocycles. The van der Waals surface area contributed by atoms with Gasteiger partial charge in [-0.3, -0.25) is 4.79 Å². The van der Waals surface area contributed by atoms with Gasteiger partial charge in [0.15, 0.2) is 11.5 Å². The van der Waals surface area contributed by atoms with Crippen LogP contribution < -0.4 is 14.8 Å². The first-order chi connectivity index (χ1) is 11.6. The molecule has 1 amide bonds. The van der Waals surface area contributed by atoms with E-state index in [4.69, 9.17) is 13.9 Å². The van der Waals surface area contributed by atoms with Crippen molar-refractivity contribution in [3.8, 4) is 23.0 Å². The van der Waals surface area contributed by atoms with Gasteiger partial charge in [-0.05, 0) is 31.5 Å². The van der Waals surface area contributed by atoms with E-state index in [1.54, 1.807) is 32.4 Å². The van der Waals surface area contributed by atoms with Crippen LogP contribution in [-0.2, 0) is 4.79 Å². The lowest BCUT2D eigenvalue weighted by molar-refractivity contribution is -0.119. The van der Waals surface area contributed by atoms with Gasteiger partial charge < -0.3 is 19.2 Å². The summed E-state index contributed by atoms with van der Waals surface area (Å²) < 4.78 is 16.0. The Morgan fingerprint density at radius 3 is 2.71 bits per heavy atom. The van der Waals surface area contributed by atoms with Gasteiger partial charge in [-0.1, -0.05) is 18.7 Å². The molecule has 0 aliphatic heterocycles. The average Bonchev–Trinajstić information content (AvgIpc) is 3.08. The summed E-state index contributed by atoms with van der Waals surface area (Å²) in [5, 5.41) is 11.2. The monoisotopic (exact) mass is 351 g/mol. The molecule has 0 bridgehead atoms. The van der Waals surface area contributed by atoms with Crippen molar-refractivity contribution in [2.75, 3.05) is 20.0 Å². The summed E-state index contributed by atoms with van der Waals surface area (Å²) >= 11 is 1.21. The molecule has 2 aromatic rings. The minimum atomic E-state index is -0.0554. The standard InChI is InChI=1S/C16H21N3O4S/c1-5-10(2)17-14(20)9-24-16-19-18-15(23-16)11-6-7-12(21-3)13(8-11)22-4/h6-8,10H,5,9H2,1-4H3,(H,17,20)/t10-/m1/s1. The number of ether oxygens (including phenoxy) is 2. The van der Waals surface area contributed by atoms with Crippen molar-refractivity contribution in [2.24, 2.45) is 0 Å². The quantitative estimate of drug-likeness (QED) is 0.732. The van der Waals surface area contributed by atoms with Crippen molar-refractivity contribution in [1.29, 1.82) is 0 Å². The molecule has 0 fully saturated rings. The topological polar surface area (TPSA) is 86.5 Å². The molecule has 130 valence electrons. The molecule has 8 heteroatoms. The maximum absolute atomic E-state index is 11.8. The zero-order valence-corrected chi connectivity index (χ0v) is 15.0. The first kappa shape index (κ1) is 18.1. The molecule has 0 radical (unpaired) electrons. The second-order valence-electron chi connectivity index (χ2n) is 5.11. The molecule has 7 nitrogen and oxygen atoms in total. The van der Waals surface area contributed by atoms with Crippen molar-refractivity contribution >= 4 is 17.7 Å². The fraction of sp³-hybridized carbons (Fsp3) is 0.438. The van der Waals surface area contributed by atoms with Crippen LogP contribution in [0.1, 0.15) is 20.3 Å². The van der Waals surface area contributed by atoms with Crippen LogP contribution in [-0.4, -0.2) is 42.1 Å². The van der Waals surface area contributed by atoms with Crippen molar-refractivity contribution in [3.05, 3.63) is 18.2 Å². The summed E-state index contributed by atoms with van der Waals surface area (Å²) in [7, 11) is 3.13. The maximum atomic E-state index is 11.8. The minimum absolute atomic E-state index is 0.0554. The zero-order chi connectivity index (χ0) is 17.5. The van der Waals surface area contributed by atoms with Gasteiger partial charge in [-0.25, -0.2) is 0 Å². The highest BCUT2D eigenvalue weighted by Crippen LogP contribution is 2.32. The van der Waals surface area contributed by atoms with Crippen molar-refractivity contribution in [2.45, 2.75) is 31.5 Å². The number of thioether (sulfide) groups is 1. The number of carbonyl (C=O) groups is 1. The Hall–Kier alpha value is -2.22. The van der Waals surface area contributed by atoms with E-state index in [-0.39, 0.29) is 17.7 Å². The number of hydrogen-bond donors (Lipinski definition) is 1. The van der Waals surface area contributed by atoms with E-state index in [0.717, 1.165) is 12.0 Å². The number of rotatable bonds is 8. The highest BCUT2D eigenvalue weighted by Gasteiger charge is 2.14. The molecule has 0 aliphatic rings. The first-order valence-electron chi connectivity index (χ1n) is 7.55. The van der Waals surface area contributed by atoms with E-state index < -0.39 is 0 Å². The van der Waals surface area contributed by atoms with Gasteiger partial charge in [-0.15, -0.1) is 10.2 Å². The molecular formula is C16H21N3O4S. The number of carbonyl (C=O) groups excluding carboxylic acids is 1. The number of methoxy groups -OCH3 is 2. The van der Waals surface area contributed by atoms with Crippen LogP contribution in [0.25, 0.3) is 11.5 Å². The normalized spacial score (nSPS) is 11.8.